The molecular formula is C18H20N2. The summed E-state index contributed by atoms with van der Waals surface area (Å²) in [5.74, 6) is 0. The van der Waals surface area contributed by atoms with Crippen molar-refractivity contribution in [3.63, 3.8) is 0 Å². The van der Waals surface area contributed by atoms with E-state index in [2.05, 4.69) is 84.6 Å². The Hall–Kier alpha value is -2.06. The van der Waals surface area contributed by atoms with E-state index in [1.54, 1.807) is 0 Å². The van der Waals surface area contributed by atoms with Crippen LogP contribution in [-0.2, 0) is 0 Å². The van der Waals surface area contributed by atoms with Gasteiger partial charge in [-0.15, -0.1) is 0 Å². The van der Waals surface area contributed by atoms with E-state index in [0.29, 0.717) is 0 Å². The smallest absolute Gasteiger partial charge is 0.0484 e. The fourth-order valence-electron chi connectivity index (χ4n) is 2.60. The van der Waals surface area contributed by atoms with Crippen LogP contribution in [0.1, 0.15) is 11.1 Å². The van der Waals surface area contributed by atoms with Gasteiger partial charge in [0, 0.05) is 24.5 Å². The molecule has 0 N–H and O–H groups in total. The second-order valence-electron chi connectivity index (χ2n) is 5.41. The molecule has 0 saturated heterocycles. The minimum Gasteiger partial charge on any atom is -0.339 e. The normalized spacial score (nSPS) is 13.1. The number of rotatable bonds is 3. The number of para-hydroxylation sites is 2. The lowest BCUT2D eigenvalue weighted by molar-refractivity contribution is 0.419. The number of benzene rings is 2. The van der Waals surface area contributed by atoms with Gasteiger partial charge in [-0.1, -0.05) is 48.6 Å². The highest BCUT2D eigenvalue weighted by Crippen LogP contribution is 2.35. The van der Waals surface area contributed by atoms with E-state index >= 15 is 0 Å². The number of fused-ring (bicyclic) bond motifs is 2. The van der Waals surface area contributed by atoms with Gasteiger partial charge in [0.2, 0.25) is 0 Å². The Morgan fingerprint density at radius 3 is 1.80 bits per heavy atom. The maximum absolute atomic E-state index is 2.42. The van der Waals surface area contributed by atoms with Crippen LogP contribution in [0.15, 0.2) is 48.5 Å². The molecule has 102 valence electrons. The van der Waals surface area contributed by atoms with Crippen LogP contribution in [0, 0.1) is 0 Å². The summed E-state index contributed by atoms with van der Waals surface area (Å²) in [6, 6.07) is 17.2. The van der Waals surface area contributed by atoms with Crippen molar-refractivity contribution in [2.45, 2.75) is 0 Å². The Morgan fingerprint density at radius 1 is 0.800 bits per heavy atom. The van der Waals surface area contributed by atoms with Crippen molar-refractivity contribution < 1.29 is 0 Å². The van der Waals surface area contributed by atoms with E-state index in [4.69, 9.17) is 0 Å². The predicted octanol–water partition coefficient (Wildman–Crippen LogP) is 3.87. The Bertz CT molecular complexity index is 579. The number of hydrogen-bond acceptors (Lipinski definition) is 2. The summed E-state index contributed by atoms with van der Waals surface area (Å²) in [4.78, 5) is 4.65. The predicted molar refractivity (Wildman–Crippen MR) is 87.4 cm³/mol. The topological polar surface area (TPSA) is 6.48 Å². The monoisotopic (exact) mass is 264 g/mol. The Kier molecular flexibility index (Phi) is 3.57. The van der Waals surface area contributed by atoms with Crippen LogP contribution in [0.4, 0.5) is 11.4 Å². The maximum atomic E-state index is 2.42. The molecule has 0 amide bonds. The molecule has 0 saturated carbocycles. The molecule has 2 heteroatoms. The third-order valence-electron chi connectivity index (χ3n) is 3.67. The lowest BCUT2D eigenvalue weighted by atomic mass is 10.1. The van der Waals surface area contributed by atoms with Crippen molar-refractivity contribution in [1.29, 1.82) is 0 Å². The van der Waals surface area contributed by atoms with E-state index in [0.717, 1.165) is 13.1 Å². The van der Waals surface area contributed by atoms with Gasteiger partial charge in [0.25, 0.3) is 0 Å². The minimum absolute atomic E-state index is 0.989. The van der Waals surface area contributed by atoms with Crippen LogP contribution < -0.4 is 4.90 Å². The number of nitrogens with zero attached hydrogens (tertiary/aromatic N) is 2. The van der Waals surface area contributed by atoms with Gasteiger partial charge in [0.15, 0.2) is 0 Å². The van der Waals surface area contributed by atoms with E-state index in [-0.39, 0.29) is 0 Å². The van der Waals surface area contributed by atoms with Gasteiger partial charge in [-0.05, 0) is 37.4 Å². The molecule has 2 nitrogen and oxygen atoms in total. The number of hydrogen-bond donors (Lipinski definition) is 0. The average molecular weight is 264 g/mol. The first-order valence-corrected chi connectivity index (χ1v) is 7.04. The summed E-state index contributed by atoms with van der Waals surface area (Å²) in [5, 5.41) is 0. The van der Waals surface area contributed by atoms with Gasteiger partial charge >= 0.3 is 0 Å². The van der Waals surface area contributed by atoms with Crippen LogP contribution in [0.25, 0.3) is 12.2 Å². The second kappa shape index (κ2) is 5.51. The van der Waals surface area contributed by atoms with Gasteiger partial charge in [0.1, 0.15) is 0 Å². The van der Waals surface area contributed by atoms with Gasteiger partial charge in [-0.2, -0.15) is 0 Å². The third-order valence-corrected chi connectivity index (χ3v) is 3.67. The Morgan fingerprint density at radius 2 is 1.30 bits per heavy atom. The van der Waals surface area contributed by atoms with E-state index < -0.39 is 0 Å². The summed E-state index contributed by atoms with van der Waals surface area (Å²) < 4.78 is 0. The van der Waals surface area contributed by atoms with Gasteiger partial charge in [-0.25, -0.2) is 0 Å². The van der Waals surface area contributed by atoms with Gasteiger partial charge in [-0.3, -0.25) is 0 Å². The van der Waals surface area contributed by atoms with Crippen molar-refractivity contribution >= 4 is 23.5 Å². The largest absolute Gasteiger partial charge is 0.339 e. The summed E-state index contributed by atoms with van der Waals surface area (Å²) in [6.45, 7) is 2.02. The lowest BCUT2D eigenvalue weighted by Crippen LogP contribution is -2.28. The van der Waals surface area contributed by atoms with Crippen LogP contribution >= 0.6 is 0 Å². The summed E-state index contributed by atoms with van der Waals surface area (Å²) in [6.07, 6.45) is 4.42. The molecule has 0 radical (unpaired) electrons. The fourth-order valence-corrected chi connectivity index (χ4v) is 2.60. The lowest BCUT2D eigenvalue weighted by Gasteiger charge is -2.28. The average Bonchev–Trinajstić information content (AvgIpc) is 2.62. The van der Waals surface area contributed by atoms with Gasteiger partial charge < -0.3 is 9.80 Å². The highest BCUT2D eigenvalue weighted by molar-refractivity contribution is 5.88. The fraction of sp³-hybridized carbons (Fsp3) is 0.222. The third kappa shape index (κ3) is 2.47. The second-order valence-corrected chi connectivity index (χ2v) is 5.41. The van der Waals surface area contributed by atoms with E-state index in [1.807, 2.05) is 0 Å². The highest BCUT2D eigenvalue weighted by Gasteiger charge is 2.16. The maximum Gasteiger partial charge on any atom is 0.0484 e. The molecule has 0 spiro atoms. The van der Waals surface area contributed by atoms with Crippen molar-refractivity contribution in [1.82, 2.24) is 4.90 Å². The van der Waals surface area contributed by atoms with Crippen molar-refractivity contribution in [2.24, 2.45) is 0 Å². The summed E-state index contributed by atoms with van der Waals surface area (Å²) in [7, 11) is 4.24. The summed E-state index contributed by atoms with van der Waals surface area (Å²) >= 11 is 0. The first-order valence-electron chi connectivity index (χ1n) is 7.04. The zero-order chi connectivity index (χ0) is 13.9. The zero-order valence-electron chi connectivity index (χ0n) is 12.1. The summed E-state index contributed by atoms with van der Waals surface area (Å²) in [5.41, 5.74) is 5.14. The molecule has 0 aromatic heterocycles. The molecule has 0 bridgehead atoms. The molecule has 20 heavy (non-hydrogen) atoms. The van der Waals surface area contributed by atoms with E-state index in [1.165, 1.54) is 22.5 Å². The Balaban J connectivity index is 2.08. The SMILES string of the molecule is CN(C)CCN1c2ccccc2C=Cc2ccccc21. The molecule has 0 aliphatic carbocycles. The van der Waals surface area contributed by atoms with Gasteiger partial charge in [0.05, 0.1) is 0 Å². The Labute approximate surface area is 121 Å². The molecule has 1 heterocycles. The van der Waals surface area contributed by atoms with Crippen LogP contribution in [0.2, 0.25) is 0 Å². The number of anilines is 2. The molecule has 0 unspecified atom stereocenters. The van der Waals surface area contributed by atoms with Crippen LogP contribution in [0.3, 0.4) is 0 Å². The first-order chi connectivity index (χ1) is 9.75. The van der Waals surface area contributed by atoms with Crippen molar-refractivity contribution in [3.05, 3.63) is 59.7 Å². The molecule has 0 atom stereocenters. The van der Waals surface area contributed by atoms with Crippen LogP contribution in [-0.4, -0.2) is 32.1 Å². The van der Waals surface area contributed by atoms with Crippen molar-refractivity contribution in [2.75, 3.05) is 32.1 Å². The first kappa shape index (κ1) is 12.9. The molecule has 2 aromatic carbocycles. The van der Waals surface area contributed by atoms with E-state index in [9.17, 15) is 0 Å². The minimum atomic E-state index is 0.989. The molecule has 2 aromatic rings. The molecular weight excluding hydrogens is 244 g/mol. The number of likely N-dealkylation sites (N-methyl/N-ethyl adjacent to an activating group) is 1. The van der Waals surface area contributed by atoms with Crippen LogP contribution in [0.5, 0.6) is 0 Å². The molecule has 0 fully saturated rings. The standard InChI is InChI=1S/C18H20N2/c1-19(2)13-14-20-17-9-5-3-7-15(17)11-12-16-8-4-6-10-18(16)20/h3-12H,13-14H2,1-2H3. The molecule has 1 aliphatic heterocycles. The molecule has 1 aliphatic rings. The zero-order valence-corrected chi connectivity index (χ0v) is 12.1. The molecule has 3 rings (SSSR count). The highest BCUT2D eigenvalue weighted by atomic mass is 15.2. The van der Waals surface area contributed by atoms with Crippen molar-refractivity contribution in [3.8, 4) is 0 Å². The quantitative estimate of drug-likeness (QED) is 0.830.